The van der Waals surface area contributed by atoms with Crippen LogP contribution in [0.4, 0.5) is 0 Å². The van der Waals surface area contributed by atoms with Crippen molar-refractivity contribution in [3.63, 3.8) is 0 Å². The van der Waals surface area contributed by atoms with Crippen LogP contribution in [0.5, 0.6) is 5.75 Å². The highest BCUT2D eigenvalue weighted by Crippen LogP contribution is 2.25. The molecule has 98 valence electrons. The largest absolute Gasteiger partial charge is 0.488 e. The molecule has 3 heteroatoms. The van der Waals surface area contributed by atoms with Crippen LogP contribution in [-0.4, -0.2) is 4.99 Å². The molecule has 0 aliphatic carbocycles. The molecule has 2 nitrogen and oxygen atoms in total. The van der Waals surface area contributed by atoms with Gasteiger partial charge in [-0.2, -0.15) is 0 Å². The Labute approximate surface area is 119 Å². The summed E-state index contributed by atoms with van der Waals surface area (Å²) in [6, 6.07) is 14.0. The molecule has 0 saturated heterocycles. The summed E-state index contributed by atoms with van der Waals surface area (Å²) in [6.07, 6.45) is 0. The van der Waals surface area contributed by atoms with E-state index in [4.69, 9.17) is 22.7 Å². The van der Waals surface area contributed by atoms with Gasteiger partial charge in [0.2, 0.25) is 0 Å². The fraction of sp³-hybridized carbons (Fsp3) is 0.188. The fourth-order valence-corrected chi connectivity index (χ4v) is 2.17. The Morgan fingerprint density at radius 2 is 1.68 bits per heavy atom. The van der Waals surface area contributed by atoms with Crippen LogP contribution >= 0.6 is 12.2 Å². The number of hydrogen-bond donors (Lipinski definition) is 1. The summed E-state index contributed by atoms with van der Waals surface area (Å²) in [4.78, 5) is 0.417. The number of hydrogen-bond acceptors (Lipinski definition) is 2. The predicted octanol–water partition coefficient (Wildman–Crippen LogP) is 3.52. The molecule has 2 aromatic carbocycles. The Kier molecular flexibility index (Phi) is 4.17. The molecule has 0 bridgehead atoms. The molecular formula is C16H17NOS. The second-order valence-corrected chi connectivity index (χ2v) is 5.02. The molecule has 0 aliphatic rings. The molecule has 19 heavy (non-hydrogen) atoms. The van der Waals surface area contributed by atoms with Crippen molar-refractivity contribution in [2.24, 2.45) is 5.73 Å². The van der Waals surface area contributed by atoms with Gasteiger partial charge < -0.3 is 10.5 Å². The number of nitrogens with two attached hydrogens (primary N) is 1. The highest BCUT2D eigenvalue weighted by Gasteiger charge is 2.08. The number of rotatable bonds is 4. The second kappa shape index (κ2) is 5.85. The van der Waals surface area contributed by atoms with Gasteiger partial charge in [-0.15, -0.1) is 0 Å². The van der Waals surface area contributed by atoms with E-state index in [1.807, 2.05) is 56.3 Å². The average Bonchev–Trinajstić information content (AvgIpc) is 2.38. The van der Waals surface area contributed by atoms with Crippen molar-refractivity contribution in [1.82, 2.24) is 0 Å². The van der Waals surface area contributed by atoms with Crippen molar-refractivity contribution in [2.75, 3.05) is 0 Å². The van der Waals surface area contributed by atoms with Crippen LogP contribution in [0.3, 0.4) is 0 Å². The molecule has 2 N–H and O–H groups in total. The molecule has 0 aromatic heterocycles. The molecule has 0 heterocycles. The molecule has 0 spiro atoms. The maximum Gasteiger partial charge on any atom is 0.125 e. The van der Waals surface area contributed by atoms with Gasteiger partial charge in [-0.3, -0.25) is 0 Å². The molecule has 0 saturated carbocycles. The molecule has 0 amide bonds. The normalized spacial score (nSPS) is 10.2. The topological polar surface area (TPSA) is 35.2 Å². The van der Waals surface area contributed by atoms with Crippen molar-refractivity contribution in [1.29, 1.82) is 0 Å². The Morgan fingerprint density at radius 1 is 1.11 bits per heavy atom. The lowest BCUT2D eigenvalue weighted by molar-refractivity contribution is 0.302. The zero-order chi connectivity index (χ0) is 13.8. The fourth-order valence-electron chi connectivity index (χ4n) is 2.05. The Balaban J connectivity index is 2.19. The monoisotopic (exact) mass is 271 g/mol. The standard InChI is InChI=1S/C16H17NOS/c1-11-8-14(16(17)19)9-12(2)15(11)18-10-13-6-4-3-5-7-13/h3-9H,10H2,1-2H3,(H2,17,19). The lowest BCUT2D eigenvalue weighted by Crippen LogP contribution is -2.10. The maximum atomic E-state index is 5.90. The highest BCUT2D eigenvalue weighted by molar-refractivity contribution is 7.80. The number of aryl methyl sites for hydroxylation is 2. The van der Waals surface area contributed by atoms with E-state index in [1.165, 1.54) is 0 Å². The molecule has 2 rings (SSSR count). The first-order chi connectivity index (χ1) is 9.08. The van der Waals surface area contributed by atoms with E-state index in [-0.39, 0.29) is 0 Å². The van der Waals surface area contributed by atoms with Crippen LogP contribution < -0.4 is 10.5 Å². The first kappa shape index (κ1) is 13.6. The smallest absolute Gasteiger partial charge is 0.125 e. The van der Waals surface area contributed by atoms with Gasteiger partial charge in [-0.05, 0) is 42.7 Å². The van der Waals surface area contributed by atoms with Crippen molar-refractivity contribution < 1.29 is 4.74 Å². The molecule has 0 atom stereocenters. The van der Waals surface area contributed by atoms with Gasteiger partial charge in [0.25, 0.3) is 0 Å². The lowest BCUT2D eigenvalue weighted by atomic mass is 10.1. The van der Waals surface area contributed by atoms with E-state index in [9.17, 15) is 0 Å². The van der Waals surface area contributed by atoms with Crippen LogP contribution in [-0.2, 0) is 6.61 Å². The lowest BCUT2D eigenvalue weighted by Gasteiger charge is -2.13. The first-order valence-corrected chi connectivity index (χ1v) is 6.56. The minimum Gasteiger partial charge on any atom is -0.488 e. The third kappa shape index (κ3) is 3.32. The molecule has 2 aromatic rings. The highest BCUT2D eigenvalue weighted by atomic mass is 32.1. The summed E-state index contributed by atoms with van der Waals surface area (Å²) < 4.78 is 5.90. The van der Waals surface area contributed by atoms with Crippen LogP contribution in [0.15, 0.2) is 42.5 Å². The number of benzene rings is 2. The number of ether oxygens (including phenoxy) is 1. The molecule has 0 unspecified atom stereocenters. The van der Waals surface area contributed by atoms with E-state index in [0.717, 1.165) is 28.0 Å². The molecule has 0 aliphatic heterocycles. The van der Waals surface area contributed by atoms with Crippen LogP contribution in [0.2, 0.25) is 0 Å². The zero-order valence-electron chi connectivity index (χ0n) is 11.1. The maximum absolute atomic E-state index is 5.90. The summed E-state index contributed by atoms with van der Waals surface area (Å²) in [6.45, 7) is 4.58. The summed E-state index contributed by atoms with van der Waals surface area (Å²) in [5.41, 5.74) is 9.80. The quantitative estimate of drug-likeness (QED) is 0.864. The molecule has 0 fully saturated rings. The predicted molar refractivity (Wildman–Crippen MR) is 82.6 cm³/mol. The zero-order valence-corrected chi connectivity index (χ0v) is 12.0. The summed E-state index contributed by atoms with van der Waals surface area (Å²) in [5.74, 6) is 0.906. The minimum absolute atomic E-state index is 0.417. The van der Waals surface area contributed by atoms with Crippen LogP contribution in [0.25, 0.3) is 0 Å². The van der Waals surface area contributed by atoms with Gasteiger partial charge in [0.05, 0.1) is 0 Å². The van der Waals surface area contributed by atoms with Gasteiger partial charge in [0, 0.05) is 5.56 Å². The Bertz CT molecular complexity index is 570. The first-order valence-electron chi connectivity index (χ1n) is 6.15. The summed E-state index contributed by atoms with van der Waals surface area (Å²) in [7, 11) is 0. The van der Waals surface area contributed by atoms with Crippen molar-refractivity contribution in [3.8, 4) is 5.75 Å². The van der Waals surface area contributed by atoms with E-state index in [1.54, 1.807) is 0 Å². The Hall–Kier alpha value is -1.87. The third-order valence-electron chi connectivity index (χ3n) is 2.97. The summed E-state index contributed by atoms with van der Waals surface area (Å²) in [5, 5.41) is 0. The van der Waals surface area contributed by atoms with Crippen LogP contribution in [0.1, 0.15) is 22.3 Å². The second-order valence-electron chi connectivity index (χ2n) is 4.58. The van der Waals surface area contributed by atoms with Gasteiger partial charge >= 0.3 is 0 Å². The SMILES string of the molecule is Cc1cc(C(N)=S)cc(C)c1OCc1ccccc1. The molecular weight excluding hydrogens is 254 g/mol. The average molecular weight is 271 g/mol. The van der Waals surface area contributed by atoms with E-state index < -0.39 is 0 Å². The van der Waals surface area contributed by atoms with E-state index in [0.29, 0.717) is 11.6 Å². The van der Waals surface area contributed by atoms with Gasteiger partial charge in [0.15, 0.2) is 0 Å². The third-order valence-corrected chi connectivity index (χ3v) is 3.21. The van der Waals surface area contributed by atoms with Gasteiger partial charge in [0.1, 0.15) is 17.3 Å². The minimum atomic E-state index is 0.417. The van der Waals surface area contributed by atoms with Crippen molar-refractivity contribution >= 4 is 17.2 Å². The number of thiocarbonyl (C=S) groups is 1. The van der Waals surface area contributed by atoms with Gasteiger partial charge in [-0.1, -0.05) is 42.5 Å². The van der Waals surface area contributed by atoms with E-state index in [2.05, 4.69) is 0 Å². The summed E-state index contributed by atoms with van der Waals surface area (Å²) >= 11 is 5.00. The van der Waals surface area contributed by atoms with Crippen molar-refractivity contribution in [2.45, 2.75) is 20.5 Å². The molecule has 0 radical (unpaired) electrons. The van der Waals surface area contributed by atoms with Gasteiger partial charge in [-0.25, -0.2) is 0 Å². The van der Waals surface area contributed by atoms with E-state index >= 15 is 0 Å². The van der Waals surface area contributed by atoms with Crippen LogP contribution in [0, 0.1) is 13.8 Å². The Morgan fingerprint density at radius 3 is 2.21 bits per heavy atom. The van der Waals surface area contributed by atoms with Crippen molar-refractivity contribution in [3.05, 3.63) is 64.7 Å².